The Bertz CT molecular complexity index is 823. The molecule has 0 bridgehead atoms. The second kappa shape index (κ2) is 7.14. The van der Waals surface area contributed by atoms with Crippen molar-refractivity contribution < 1.29 is 13.2 Å². The lowest BCUT2D eigenvalue weighted by Crippen LogP contribution is -2.38. The van der Waals surface area contributed by atoms with Gasteiger partial charge in [-0.25, -0.2) is 8.42 Å². The first-order valence-corrected chi connectivity index (χ1v) is 8.96. The Labute approximate surface area is 142 Å². The largest absolute Gasteiger partial charge is 0.351 e. The molecule has 2 N–H and O–H groups in total. The summed E-state index contributed by atoms with van der Waals surface area (Å²) in [5.41, 5.74) is 2.92. The summed E-state index contributed by atoms with van der Waals surface area (Å²) in [6.07, 6.45) is 0. The first-order valence-electron chi connectivity index (χ1n) is 7.52. The Balaban J connectivity index is 2.02. The maximum absolute atomic E-state index is 12.6. The predicted molar refractivity (Wildman–Crippen MR) is 90.9 cm³/mol. The van der Waals surface area contributed by atoms with Gasteiger partial charge in [0.15, 0.2) is 0 Å². The number of sulfonamides is 1. The summed E-state index contributed by atoms with van der Waals surface area (Å²) in [4.78, 5) is 12.2. The third-order valence-corrected chi connectivity index (χ3v) is 5.90. The smallest absolute Gasteiger partial charge is 0.246 e. The molecule has 2 rings (SSSR count). The van der Waals surface area contributed by atoms with E-state index < -0.39 is 10.0 Å². The van der Waals surface area contributed by atoms with Gasteiger partial charge in [0, 0.05) is 13.6 Å². The molecule has 0 unspecified atom stereocenters. The fraction of sp³-hybridized carbons (Fsp3) is 0.375. The van der Waals surface area contributed by atoms with Crippen molar-refractivity contribution >= 4 is 15.9 Å². The summed E-state index contributed by atoms with van der Waals surface area (Å²) in [5, 5.41) is 9.29. The molecule has 0 spiro atoms. The van der Waals surface area contributed by atoms with Gasteiger partial charge in [0.05, 0.1) is 17.9 Å². The monoisotopic (exact) mass is 350 g/mol. The zero-order valence-electron chi connectivity index (χ0n) is 14.3. The number of benzene rings is 1. The molecular formula is C16H22N4O3S. The number of hydrogen-bond acceptors (Lipinski definition) is 4. The van der Waals surface area contributed by atoms with Crippen molar-refractivity contribution in [2.45, 2.75) is 32.2 Å². The van der Waals surface area contributed by atoms with E-state index in [0.29, 0.717) is 17.9 Å². The van der Waals surface area contributed by atoms with Gasteiger partial charge in [-0.05, 0) is 31.9 Å². The molecular weight excluding hydrogens is 328 g/mol. The third-order valence-electron chi connectivity index (χ3n) is 3.83. The van der Waals surface area contributed by atoms with E-state index in [1.807, 2.05) is 31.2 Å². The SMILES string of the molecule is Cc1ccccc1CNC(=O)CN(C)S(=O)(=O)c1c(C)n[nH]c1C. The van der Waals surface area contributed by atoms with Crippen LogP contribution in [0.3, 0.4) is 0 Å². The quantitative estimate of drug-likeness (QED) is 0.820. The Kier molecular flexibility index (Phi) is 5.40. The number of rotatable bonds is 6. The van der Waals surface area contributed by atoms with Crippen LogP contribution in [0.5, 0.6) is 0 Å². The zero-order valence-corrected chi connectivity index (χ0v) is 15.1. The molecule has 0 saturated carbocycles. The molecule has 130 valence electrons. The highest BCUT2D eigenvalue weighted by Crippen LogP contribution is 2.20. The molecule has 0 aliphatic rings. The lowest BCUT2D eigenvalue weighted by Gasteiger charge is -2.17. The second-order valence-electron chi connectivity index (χ2n) is 5.73. The van der Waals surface area contributed by atoms with Crippen molar-refractivity contribution in [3.63, 3.8) is 0 Å². The molecule has 0 fully saturated rings. The van der Waals surface area contributed by atoms with E-state index in [-0.39, 0.29) is 17.3 Å². The molecule has 0 aliphatic heterocycles. The predicted octanol–water partition coefficient (Wildman–Crippen LogP) is 1.27. The molecule has 0 saturated heterocycles. The number of hydrogen-bond donors (Lipinski definition) is 2. The first-order chi connectivity index (χ1) is 11.2. The van der Waals surface area contributed by atoms with E-state index in [1.165, 1.54) is 7.05 Å². The minimum absolute atomic E-state index is 0.122. The minimum Gasteiger partial charge on any atom is -0.351 e. The Hall–Kier alpha value is -2.19. The van der Waals surface area contributed by atoms with Crippen molar-refractivity contribution in [2.75, 3.05) is 13.6 Å². The van der Waals surface area contributed by atoms with Gasteiger partial charge in [-0.2, -0.15) is 9.40 Å². The molecule has 2 aromatic rings. The number of carbonyl (C=O) groups excluding carboxylic acids is 1. The van der Waals surface area contributed by atoms with Gasteiger partial charge in [-0.15, -0.1) is 0 Å². The fourth-order valence-electron chi connectivity index (χ4n) is 2.42. The number of carbonyl (C=O) groups is 1. The van der Waals surface area contributed by atoms with E-state index in [4.69, 9.17) is 0 Å². The number of amides is 1. The van der Waals surface area contributed by atoms with Crippen LogP contribution in [0.1, 0.15) is 22.5 Å². The number of nitrogens with one attached hydrogen (secondary N) is 2. The molecule has 0 radical (unpaired) electrons. The number of aryl methyl sites for hydroxylation is 3. The Morgan fingerprint density at radius 2 is 1.92 bits per heavy atom. The highest BCUT2D eigenvalue weighted by atomic mass is 32.2. The van der Waals surface area contributed by atoms with Crippen molar-refractivity contribution in [3.05, 3.63) is 46.8 Å². The number of aromatic nitrogens is 2. The van der Waals surface area contributed by atoms with Crippen LogP contribution in [-0.2, 0) is 21.4 Å². The number of likely N-dealkylation sites (N-methyl/N-ethyl adjacent to an activating group) is 1. The second-order valence-corrected chi connectivity index (χ2v) is 7.71. The van der Waals surface area contributed by atoms with E-state index in [2.05, 4.69) is 15.5 Å². The molecule has 1 heterocycles. The number of H-pyrrole nitrogens is 1. The highest BCUT2D eigenvalue weighted by molar-refractivity contribution is 7.89. The molecule has 1 aromatic carbocycles. The lowest BCUT2D eigenvalue weighted by atomic mass is 10.1. The molecule has 1 aromatic heterocycles. The highest BCUT2D eigenvalue weighted by Gasteiger charge is 2.28. The van der Waals surface area contributed by atoms with Crippen LogP contribution in [0.4, 0.5) is 0 Å². The summed E-state index contributed by atoms with van der Waals surface area (Å²) in [6.45, 7) is 5.32. The summed E-state index contributed by atoms with van der Waals surface area (Å²) in [6, 6.07) is 7.71. The molecule has 0 aliphatic carbocycles. The van der Waals surface area contributed by atoms with Crippen molar-refractivity contribution in [1.82, 2.24) is 19.8 Å². The maximum Gasteiger partial charge on any atom is 0.246 e. The third kappa shape index (κ3) is 3.82. The Morgan fingerprint density at radius 3 is 2.50 bits per heavy atom. The number of aromatic amines is 1. The summed E-state index contributed by atoms with van der Waals surface area (Å²) < 4.78 is 26.2. The molecule has 0 atom stereocenters. The average Bonchev–Trinajstić information content (AvgIpc) is 2.86. The average molecular weight is 350 g/mol. The first kappa shape index (κ1) is 18.2. The van der Waals surface area contributed by atoms with Crippen molar-refractivity contribution in [2.24, 2.45) is 0 Å². The van der Waals surface area contributed by atoms with E-state index >= 15 is 0 Å². The summed E-state index contributed by atoms with van der Waals surface area (Å²) in [7, 11) is -2.38. The van der Waals surface area contributed by atoms with Crippen LogP contribution in [0.15, 0.2) is 29.2 Å². The van der Waals surface area contributed by atoms with Gasteiger partial charge in [-0.3, -0.25) is 9.89 Å². The fourth-order valence-corrected chi connectivity index (χ4v) is 3.87. The van der Waals surface area contributed by atoms with Gasteiger partial charge >= 0.3 is 0 Å². The van der Waals surface area contributed by atoms with Gasteiger partial charge in [-0.1, -0.05) is 24.3 Å². The normalized spacial score (nSPS) is 11.7. The van der Waals surface area contributed by atoms with E-state index in [0.717, 1.165) is 15.4 Å². The van der Waals surface area contributed by atoms with Crippen LogP contribution in [0.2, 0.25) is 0 Å². The molecule has 24 heavy (non-hydrogen) atoms. The number of nitrogens with zero attached hydrogens (tertiary/aromatic N) is 2. The van der Waals surface area contributed by atoms with Crippen molar-refractivity contribution in [1.29, 1.82) is 0 Å². The van der Waals surface area contributed by atoms with Gasteiger partial charge < -0.3 is 5.32 Å². The van der Waals surface area contributed by atoms with E-state index in [9.17, 15) is 13.2 Å². The molecule has 7 nitrogen and oxygen atoms in total. The standard InChI is InChI=1S/C16H22N4O3S/c1-11-7-5-6-8-14(11)9-17-15(21)10-20(4)24(22,23)16-12(2)18-19-13(16)3/h5-8H,9-10H2,1-4H3,(H,17,21)(H,18,19). The topological polar surface area (TPSA) is 95.2 Å². The van der Waals surface area contributed by atoms with Crippen LogP contribution >= 0.6 is 0 Å². The molecule has 8 heteroatoms. The summed E-state index contributed by atoms with van der Waals surface area (Å²) >= 11 is 0. The van der Waals surface area contributed by atoms with Crippen LogP contribution < -0.4 is 5.32 Å². The van der Waals surface area contributed by atoms with E-state index in [1.54, 1.807) is 13.8 Å². The molecule has 1 amide bonds. The van der Waals surface area contributed by atoms with Crippen LogP contribution in [0.25, 0.3) is 0 Å². The van der Waals surface area contributed by atoms with Gasteiger partial charge in [0.25, 0.3) is 0 Å². The minimum atomic E-state index is -3.76. The maximum atomic E-state index is 12.6. The van der Waals surface area contributed by atoms with Crippen LogP contribution in [0, 0.1) is 20.8 Å². The lowest BCUT2D eigenvalue weighted by molar-refractivity contribution is -0.121. The van der Waals surface area contributed by atoms with Gasteiger partial charge in [0.2, 0.25) is 15.9 Å². The Morgan fingerprint density at radius 1 is 1.25 bits per heavy atom. The van der Waals surface area contributed by atoms with Crippen LogP contribution in [-0.4, -0.2) is 42.4 Å². The zero-order chi connectivity index (χ0) is 17.9. The van der Waals surface area contributed by atoms with Gasteiger partial charge in [0.1, 0.15) is 4.90 Å². The van der Waals surface area contributed by atoms with Crippen molar-refractivity contribution in [3.8, 4) is 0 Å². The summed E-state index contributed by atoms with van der Waals surface area (Å²) in [5.74, 6) is -0.358.